The molecule has 0 heterocycles. The number of halogens is 1. The van der Waals surface area contributed by atoms with Crippen LogP contribution in [0.3, 0.4) is 0 Å². The third-order valence-electron chi connectivity index (χ3n) is 1.11. The van der Waals surface area contributed by atoms with Gasteiger partial charge in [0, 0.05) is 12.8 Å². The Kier molecular flexibility index (Phi) is 5.56. The standard InChI is InChI=1S/C6H9ClO4/c7-11-6(10)4-2-1-3-5(8)9/h1-4H2,(H,8,9). The third kappa shape index (κ3) is 7.12. The van der Waals surface area contributed by atoms with E-state index >= 15 is 0 Å². The molecule has 0 aliphatic rings. The van der Waals surface area contributed by atoms with E-state index in [2.05, 4.69) is 4.29 Å². The van der Waals surface area contributed by atoms with E-state index in [1.165, 1.54) is 0 Å². The van der Waals surface area contributed by atoms with Crippen molar-refractivity contribution < 1.29 is 19.0 Å². The van der Waals surface area contributed by atoms with Gasteiger partial charge in [-0.05, 0) is 12.8 Å². The van der Waals surface area contributed by atoms with Gasteiger partial charge < -0.3 is 9.40 Å². The van der Waals surface area contributed by atoms with E-state index in [0.717, 1.165) is 0 Å². The zero-order chi connectivity index (χ0) is 8.69. The van der Waals surface area contributed by atoms with Crippen LogP contribution < -0.4 is 0 Å². The summed E-state index contributed by atoms with van der Waals surface area (Å²) in [7, 11) is 0. The van der Waals surface area contributed by atoms with Gasteiger partial charge in [-0.25, -0.2) is 0 Å². The molecule has 0 atom stereocenters. The SMILES string of the molecule is O=C(O)CCCCC(=O)OCl. The normalized spacial score (nSPS) is 9.18. The maximum Gasteiger partial charge on any atom is 0.324 e. The second kappa shape index (κ2) is 5.97. The van der Waals surface area contributed by atoms with Crippen molar-refractivity contribution in [3.8, 4) is 0 Å². The van der Waals surface area contributed by atoms with Gasteiger partial charge in [-0.2, -0.15) is 0 Å². The summed E-state index contributed by atoms with van der Waals surface area (Å²) < 4.78 is 3.84. The minimum Gasteiger partial charge on any atom is -0.481 e. The van der Waals surface area contributed by atoms with Crippen molar-refractivity contribution in [1.82, 2.24) is 0 Å². The molecule has 11 heavy (non-hydrogen) atoms. The molecule has 0 rings (SSSR count). The molecule has 0 aliphatic carbocycles. The Morgan fingerprint density at radius 1 is 1.27 bits per heavy atom. The molecular formula is C6H9ClO4. The fraction of sp³-hybridized carbons (Fsp3) is 0.667. The van der Waals surface area contributed by atoms with Gasteiger partial charge in [-0.15, -0.1) is 0 Å². The van der Waals surface area contributed by atoms with Crippen LogP contribution in [0.2, 0.25) is 0 Å². The number of aliphatic carboxylic acids is 1. The van der Waals surface area contributed by atoms with E-state index in [1.54, 1.807) is 0 Å². The van der Waals surface area contributed by atoms with E-state index in [9.17, 15) is 9.59 Å². The summed E-state index contributed by atoms with van der Waals surface area (Å²) in [5.74, 6) is -1.37. The third-order valence-corrected chi connectivity index (χ3v) is 1.28. The Morgan fingerprint density at radius 2 is 1.82 bits per heavy atom. The fourth-order valence-corrected chi connectivity index (χ4v) is 0.661. The van der Waals surface area contributed by atoms with Crippen LogP contribution in [0.1, 0.15) is 25.7 Å². The first-order chi connectivity index (χ1) is 5.16. The molecule has 0 aliphatic heterocycles. The number of hydrogen-bond acceptors (Lipinski definition) is 3. The number of rotatable bonds is 5. The maximum absolute atomic E-state index is 10.4. The number of carboxylic acid groups (broad SMARTS) is 1. The molecule has 1 N–H and O–H groups in total. The summed E-state index contributed by atoms with van der Waals surface area (Å²) in [5.41, 5.74) is 0. The van der Waals surface area contributed by atoms with E-state index in [-0.39, 0.29) is 12.8 Å². The minimum atomic E-state index is -0.857. The maximum atomic E-state index is 10.4. The van der Waals surface area contributed by atoms with Crippen LogP contribution in [0.4, 0.5) is 0 Å². The second-order valence-electron chi connectivity index (χ2n) is 2.05. The van der Waals surface area contributed by atoms with Gasteiger partial charge in [0.05, 0.1) is 0 Å². The molecule has 0 aromatic rings. The first kappa shape index (κ1) is 10.2. The Labute approximate surface area is 69.3 Å². The van der Waals surface area contributed by atoms with Gasteiger partial charge in [0.2, 0.25) is 0 Å². The molecule has 0 spiro atoms. The number of hydrogen-bond donors (Lipinski definition) is 1. The molecule has 0 aromatic heterocycles. The first-order valence-electron chi connectivity index (χ1n) is 3.20. The Balaban J connectivity index is 3.14. The molecule has 0 unspecified atom stereocenters. The molecule has 0 saturated carbocycles. The number of carbonyl (C=O) groups excluding carboxylic acids is 1. The van der Waals surface area contributed by atoms with Crippen LogP contribution in [0.25, 0.3) is 0 Å². The lowest BCUT2D eigenvalue weighted by molar-refractivity contribution is -0.138. The van der Waals surface area contributed by atoms with Crippen molar-refractivity contribution in [2.45, 2.75) is 25.7 Å². The molecule has 0 aromatic carbocycles. The van der Waals surface area contributed by atoms with Crippen LogP contribution in [0.15, 0.2) is 0 Å². The lowest BCUT2D eigenvalue weighted by Crippen LogP contribution is -1.98. The van der Waals surface area contributed by atoms with Crippen molar-refractivity contribution in [3.05, 3.63) is 0 Å². The topological polar surface area (TPSA) is 63.6 Å². The molecule has 5 heteroatoms. The van der Waals surface area contributed by atoms with Crippen molar-refractivity contribution in [2.75, 3.05) is 0 Å². The zero-order valence-corrected chi connectivity index (χ0v) is 6.63. The van der Waals surface area contributed by atoms with Crippen LogP contribution in [0.5, 0.6) is 0 Å². The fourth-order valence-electron chi connectivity index (χ4n) is 0.584. The molecule has 0 radical (unpaired) electrons. The molecular weight excluding hydrogens is 172 g/mol. The molecule has 0 bridgehead atoms. The smallest absolute Gasteiger partial charge is 0.324 e. The van der Waals surface area contributed by atoms with Crippen molar-refractivity contribution in [2.24, 2.45) is 0 Å². The van der Waals surface area contributed by atoms with E-state index < -0.39 is 11.9 Å². The summed E-state index contributed by atoms with van der Waals surface area (Å²) in [6.45, 7) is 0. The number of unbranched alkanes of at least 4 members (excludes halogenated alkanes) is 1. The van der Waals surface area contributed by atoms with E-state index in [1.807, 2.05) is 0 Å². The highest BCUT2D eigenvalue weighted by Crippen LogP contribution is 2.01. The van der Waals surface area contributed by atoms with Crippen LogP contribution in [-0.4, -0.2) is 17.0 Å². The van der Waals surface area contributed by atoms with Crippen molar-refractivity contribution in [3.63, 3.8) is 0 Å². The van der Waals surface area contributed by atoms with Gasteiger partial charge in [0.25, 0.3) is 0 Å². The molecule has 0 fully saturated rings. The average Bonchev–Trinajstić information content (AvgIpc) is 1.97. The van der Waals surface area contributed by atoms with Gasteiger partial charge in [-0.1, -0.05) is 0 Å². The highest BCUT2D eigenvalue weighted by atomic mass is 35.5. The monoisotopic (exact) mass is 180 g/mol. The van der Waals surface area contributed by atoms with Crippen LogP contribution >= 0.6 is 11.9 Å². The van der Waals surface area contributed by atoms with E-state index in [4.69, 9.17) is 17.0 Å². The highest BCUT2D eigenvalue weighted by Gasteiger charge is 2.02. The van der Waals surface area contributed by atoms with Gasteiger partial charge in [0.15, 0.2) is 0 Å². The Morgan fingerprint density at radius 3 is 2.27 bits per heavy atom. The van der Waals surface area contributed by atoms with Gasteiger partial charge in [-0.3, -0.25) is 9.59 Å². The summed E-state index contributed by atoms with van der Waals surface area (Å²) in [4.78, 5) is 20.3. The van der Waals surface area contributed by atoms with Gasteiger partial charge >= 0.3 is 11.9 Å². The summed E-state index contributed by atoms with van der Waals surface area (Å²) >= 11 is 4.73. The van der Waals surface area contributed by atoms with Crippen molar-refractivity contribution >= 4 is 23.8 Å². The largest absolute Gasteiger partial charge is 0.481 e. The summed E-state index contributed by atoms with van der Waals surface area (Å²) in [5, 5.41) is 8.19. The number of carbonyl (C=O) groups is 2. The molecule has 0 amide bonds. The quantitative estimate of drug-likeness (QED) is 0.649. The first-order valence-corrected chi connectivity index (χ1v) is 3.51. The average molecular weight is 181 g/mol. The molecule has 4 nitrogen and oxygen atoms in total. The summed E-state index contributed by atoms with van der Waals surface area (Å²) in [6, 6.07) is 0. The Bertz CT molecular complexity index is 146. The van der Waals surface area contributed by atoms with Crippen molar-refractivity contribution in [1.29, 1.82) is 0 Å². The Hall–Kier alpha value is -0.770. The lowest BCUT2D eigenvalue weighted by atomic mass is 10.2. The van der Waals surface area contributed by atoms with Gasteiger partial charge in [0.1, 0.15) is 11.9 Å². The van der Waals surface area contributed by atoms with E-state index in [0.29, 0.717) is 12.8 Å². The van der Waals surface area contributed by atoms with Crippen LogP contribution in [0, 0.1) is 0 Å². The number of carboxylic acids is 1. The predicted octanol–water partition coefficient (Wildman–Crippen LogP) is 1.33. The zero-order valence-electron chi connectivity index (χ0n) is 5.88. The predicted molar refractivity (Wildman–Crippen MR) is 38.0 cm³/mol. The second-order valence-corrected chi connectivity index (χ2v) is 2.20. The van der Waals surface area contributed by atoms with Crippen LogP contribution in [-0.2, 0) is 13.9 Å². The minimum absolute atomic E-state index is 0.0789. The summed E-state index contributed by atoms with van der Waals surface area (Å²) in [6.07, 6.45) is 1.23. The molecule has 0 saturated heterocycles. The lowest BCUT2D eigenvalue weighted by Gasteiger charge is -1.94. The highest BCUT2D eigenvalue weighted by molar-refractivity contribution is 6.13. The molecule has 64 valence electrons.